The highest BCUT2D eigenvalue weighted by Crippen LogP contribution is 2.24. The van der Waals surface area contributed by atoms with Crippen LogP contribution in [0.4, 0.5) is 5.69 Å². The van der Waals surface area contributed by atoms with E-state index in [4.69, 9.17) is 5.73 Å². The molecule has 20 heavy (non-hydrogen) atoms. The second kappa shape index (κ2) is 6.74. The Morgan fingerprint density at radius 3 is 2.65 bits per heavy atom. The number of nitrogens with zero attached hydrogens (tertiary/aromatic N) is 1. The zero-order valence-electron chi connectivity index (χ0n) is 12.2. The SMILES string of the molecule is Cc1cc(N(C)Cc2csc(Br)c2)ccc1CC(C)N. The van der Waals surface area contributed by atoms with Gasteiger partial charge in [-0.05, 0) is 76.5 Å². The zero-order chi connectivity index (χ0) is 14.7. The van der Waals surface area contributed by atoms with Crippen LogP contribution in [-0.4, -0.2) is 13.1 Å². The fraction of sp³-hybridized carbons (Fsp3) is 0.375. The summed E-state index contributed by atoms with van der Waals surface area (Å²) >= 11 is 5.24. The molecule has 0 fully saturated rings. The van der Waals surface area contributed by atoms with Crippen LogP contribution in [0.3, 0.4) is 0 Å². The van der Waals surface area contributed by atoms with E-state index in [-0.39, 0.29) is 6.04 Å². The Morgan fingerprint density at radius 1 is 1.35 bits per heavy atom. The fourth-order valence-corrected chi connectivity index (χ4v) is 3.49. The maximum Gasteiger partial charge on any atom is 0.0701 e. The van der Waals surface area contributed by atoms with E-state index in [0.717, 1.165) is 13.0 Å². The first-order chi connectivity index (χ1) is 9.45. The third-order valence-corrected chi connectivity index (χ3v) is 4.90. The van der Waals surface area contributed by atoms with Crippen molar-refractivity contribution in [2.45, 2.75) is 32.9 Å². The molecule has 0 saturated heterocycles. The zero-order valence-corrected chi connectivity index (χ0v) is 14.6. The van der Waals surface area contributed by atoms with E-state index in [9.17, 15) is 0 Å². The van der Waals surface area contributed by atoms with E-state index < -0.39 is 0 Å². The number of benzene rings is 1. The van der Waals surface area contributed by atoms with Crippen molar-refractivity contribution in [2.24, 2.45) is 5.73 Å². The molecule has 1 heterocycles. The summed E-state index contributed by atoms with van der Waals surface area (Å²) in [5.74, 6) is 0. The minimum Gasteiger partial charge on any atom is -0.370 e. The van der Waals surface area contributed by atoms with Crippen LogP contribution in [0.5, 0.6) is 0 Å². The van der Waals surface area contributed by atoms with E-state index in [2.05, 4.69) is 64.4 Å². The lowest BCUT2D eigenvalue weighted by atomic mass is 10.0. The summed E-state index contributed by atoms with van der Waals surface area (Å²) in [7, 11) is 2.13. The molecule has 1 aromatic carbocycles. The van der Waals surface area contributed by atoms with Gasteiger partial charge < -0.3 is 10.6 Å². The van der Waals surface area contributed by atoms with Crippen molar-refractivity contribution in [3.63, 3.8) is 0 Å². The largest absolute Gasteiger partial charge is 0.370 e. The smallest absolute Gasteiger partial charge is 0.0701 e. The number of hydrogen-bond acceptors (Lipinski definition) is 3. The molecular formula is C16H21BrN2S. The van der Waals surface area contributed by atoms with Crippen molar-refractivity contribution < 1.29 is 0 Å². The summed E-state index contributed by atoms with van der Waals surface area (Å²) in [5.41, 5.74) is 11.1. The normalized spacial score (nSPS) is 12.4. The van der Waals surface area contributed by atoms with Crippen molar-refractivity contribution in [3.05, 3.63) is 50.1 Å². The molecule has 0 aliphatic heterocycles. The van der Waals surface area contributed by atoms with Gasteiger partial charge in [0.25, 0.3) is 0 Å². The second-order valence-electron chi connectivity index (χ2n) is 5.41. The average Bonchev–Trinajstić information content (AvgIpc) is 2.76. The van der Waals surface area contributed by atoms with E-state index >= 15 is 0 Å². The van der Waals surface area contributed by atoms with Gasteiger partial charge in [0.15, 0.2) is 0 Å². The van der Waals surface area contributed by atoms with Crippen molar-refractivity contribution in [1.29, 1.82) is 0 Å². The van der Waals surface area contributed by atoms with Gasteiger partial charge in [0, 0.05) is 25.3 Å². The lowest BCUT2D eigenvalue weighted by Crippen LogP contribution is -2.19. The van der Waals surface area contributed by atoms with Crippen LogP contribution in [0.25, 0.3) is 0 Å². The Hall–Kier alpha value is -0.840. The van der Waals surface area contributed by atoms with Gasteiger partial charge in [0.1, 0.15) is 0 Å². The Morgan fingerprint density at radius 2 is 2.10 bits per heavy atom. The van der Waals surface area contributed by atoms with Gasteiger partial charge in [-0.2, -0.15) is 0 Å². The maximum atomic E-state index is 5.88. The molecule has 0 amide bonds. The number of halogens is 1. The first kappa shape index (κ1) is 15.5. The topological polar surface area (TPSA) is 29.3 Å². The molecule has 0 radical (unpaired) electrons. The number of anilines is 1. The Bertz CT molecular complexity index is 578. The Balaban J connectivity index is 2.10. The number of thiophene rings is 1. The minimum atomic E-state index is 0.209. The van der Waals surface area contributed by atoms with Crippen LogP contribution in [0, 0.1) is 6.92 Å². The molecule has 2 N–H and O–H groups in total. The molecule has 1 aromatic heterocycles. The summed E-state index contributed by atoms with van der Waals surface area (Å²) in [4.78, 5) is 2.27. The molecule has 0 aliphatic carbocycles. The van der Waals surface area contributed by atoms with Gasteiger partial charge in [0.2, 0.25) is 0 Å². The predicted molar refractivity (Wildman–Crippen MR) is 92.7 cm³/mol. The molecule has 4 heteroatoms. The van der Waals surface area contributed by atoms with Gasteiger partial charge in [-0.15, -0.1) is 11.3 Å². The average molecular weight is 353 g/mol. The van der Waals surface area contributed by atoms with E-state index in [1.807, 2.05) is 6.92 Å². The summed E-state index contributed by atoms with van der Waals surface area (Å²) in [6, 6.07) is 9.03. The van der Waals surface area contributed by atoms with Crippen LogP contribution < -0.4 is 10.6 Å². The van der Waals surface area contributed by atoms with Crippen LogP contribution in [0.2, 0.25) is 0 Å². The molecule has 0 spiro atoms. The lowest BCUT2D eigenvalue weighted by Gasteiger charge is -2.20. The molecular weight excluding hydrogens is 332 g/mol. The Labute approximate surface area is 133 Å². The molecule has 0 bridgehead atoms. The van der Waals surface area contributed by atoms with Gasteiger partial charge in [-0.3, -0.25) is 0 Å². The summed E-state index contributed by atoms with van der Waals surface area (Å²) in [6.45, 7) is 5.14. The molecule has 2 rings (SSSR count). The summed E-state index contributed by atoms with van der Waals surface area (Å²) in [5, 5.41) is 2.19. The number of rotatable bonds is 5. The van der Waals surface area contributed by atoms with Gasteiger partial charge in [-0.25, -0.2) is 0 Å². The predicted octanol–water partition coefficient (Wildman–Crippen LogP) is 4.35. The van der Waals surface area contributed by atoms with E-state index in [1.54, 1.807) is 11.3 Å². The van der Waals surface area contributed by atoms with Crippen molar-refractivity contribution in [3.8, 4) is 0 Å². The van der Waals surface area contributed by atoms with Crippen molar-refractivity contribution in [2.75, 3.05) is 11.9 Å². The number of aryl methyl sites for hydroxylation is 1. The van der Waals surface area contributed by atoms with Crippen molar-refractivity contribution in [1.82, 2.24) is 0 Å². The van der Waals surface area contributed by atoms with Gasteiger partial charge >= 0.3 is 0 Å². The molecule has 0 aliphatic rings. The second-order valence-corrected chi connectivity index (χ2v) is 7.70. The third-order valence-electron chi connectivity index (χ3n) is 3.35. The quantitative estimate of drug-likeness (QED) is 0.866. The van der Waals surface area contributed by atoms with Crippen LogP contribution in [-0.2, 0) is 13.0 Å². The first-order valence-electron chi connectivity index (χ1n) is 6.75. The highest BCUT2D eigenvalue weighted by atomic mass is 79.9. The number of hydrogen-bond donors (Lipinski definition) is 1. The highest BCUT2D eigenvalue weighted by Gasteiger charge is 2.07. The fourth-order valence-electron chi connectivity index (χ4n) is 2.29. The molecule has 2 aromatic rings. The van der Waals surface area contributed by atoms with Crippen molar-refractivity contribution >= 4 is 33.0 Å². The standard InChI is InChI=1S/C16H21BrN2S/c1-11-6-15(5-4-14(11)7-12(2)18)19(3)9-13-8-16(17)20-10-13/h4-6,8,10,12H,7,9,18H2,1-3H3. The first-order valence-corrected chi connectivity index (χ1v) is 8.42. The van der Waals surface area contributed by atoms with Gasteiger partial charge in [0.05, 0.1) is 3.79 Å². The molecule has 0 saturated carbocycles. The number of nitrogens with two attached hydrogens (primary N) is 1. The van der Waals surface area contributed by atoms with Crippen LogP contribution >= 0.6 is 27.3 Å². The monoisotopic (exact) mass is 352 g/mol. The van der Waals surface area contributed by atoms with Gasteiger partial charge in [-0.1, -0.05) is 6.07 Å². The molecule has 108 valence electrons. The summed E-state index contributed by atoms with van der Waals surface area (Å²) < 4.78 is 1.18. The third kappa shape index (κ3) is 4.08. The van der Waals surface area contributed by atoms with E-state index in [1.165, 1.54) is 26.2 Å². The molecule has 1 unspecified atom stereocenters. The van der Waals surface area contributed by atoms with E-state index in [0.29, 0.717) is 0 Å². The molecule has 2 nitrogen and oxygen atoms in total. The van der Waals surface area contributed by atoms with Crippen LogP contribution in [0.1, 0.15) is 23.6 Å². The minimum absolute atomic E-state index is 0.209. The summed E-state index contributed by atoms with van der Waals surface area (Å²) in [6.07, 6.45) is 0.938. The maximum absolute atomic E-state index is 5.88. The van der Waals surface area contributed by atoms with Crippen LogP contribution in [0.15, 0.2) is 33.4 Å². The molecule has 1 atom stereocenters. The Kier molecular flexibility index (Phi) is 5.24. The lowest BCUT2D eigenvalue weighted by molar-refractivity contribution is 0.734. The highest BCUT2D eigenvalue weighted by molar-refractivity contribution is 9.11.